The predicted octanol–water partition coefficient (Wildman–Crippen LogP) is 4.38. The fourth-order valence-electron chi connectivity index (χ4n) is 3.86. The molecule has 0 aliphatic heterocycles. The molecule has 0 aliphatic rings. The van der Waals surface area contributed by atoms with Crippen molar-refractivity contribution in [3.63, 3.8) is 0 Å². The fourth-order valence-corrected chi connectivity index (χ4v) is 3.86. The van der Waals surface area contributed by atoms with Gasteiger partial charge in [-0.05, 0) is 55.1 Å². The van der Waals surface area contributed by atoms with Crippen molar-refractivity contribution in [3.8, 4) is 11.5 Å². The molecule has 0 saturated carbocycles. The maximum Gasteiger partial charge on any atom is 0.255 e. The lowest BCUT2D eigenvalue weighted by atomic mass is 10.1. The fraction of sp³-hybridized carbons (Fsp3) is 0.286. The van der Waals surface area contributed by atoms with Crippen molar-refractivity contribution in [2.75, 3.05) is 38.2 Å². The number of rotatable bonds is 11. The highest BCUT2D eigenvalue weighted by molar-refractivity contribution is 6.03. The summed E-state index contributed by atoms with van der Waals surface area (Å²) in [4.78, 5) is 30.0. The molecular weight excluding hydrogens is 442 g/mol. The molecule has 0 heterocycles. The lowest BCUT2D eigenvalue weighted by molar-refractivity contribution is -0.117. The van der Waals surface area contributed by atoms with Crippen LogP contribution in [0.5, 0.6) is 11.5 Å². The zero-order valence-corrected chi connectivity index (χ0v) is 20.5. The average Bonchev–Trinajstić information content (AvgIpc) is 2.88. The molecular formula is C28H33N3O4. The van der Waals surface area contributed by atoms with Crippen LogP contribution >= 0.6 is 0 Å². The van der Waals surface area contributed by atoms with Gasteiger partial charge < -0.3 is 20.1 Å². The third-order valence-electron chi connectivity index (χ3n) is 5.85. The van der Waals surface area contributed by atoms with Crippen LogP contribution in [0.1, 0.15) is 29.8 Å². The van der Waals surface area contributed by atoms with Gasteiger partial charge in [-0.15, -0.1) is 0 Å². The van der Waals surface area contributed by atoms with E-state index in [2.05, 4.69) is 24.1 Å². The minimum atomic E-state index is -0.229. The Hall–Kier alpha value is -3.84. The molecule has 0 radical (unpaired) electrons. The van der Waals surface area contributed by atoms with E-state index in [1.54, 1.807) is 35.2 Å². The van der Waals surface area contributed by atoms with Crippen LogP contribution in [0, 0.1) is 0 Å². The Labute approximate surface area is 206 Å². The number of likely N-dealkylation sites (N-methyl/N-ethyl adjacent to an activating group) is 1. The lowest BCUT2D eigenvalue weighted by Gasteiger charge is -2.24. The number of hydrogen-bond donors (Lipinski definition) is 2. The molecule has 2 amide bonds. The summed E-state index contributed by atoms with van der Waals surface area (Å²) in [5, 5.41) is 12.7. The Kier molecular flexibility index (Phi) is 9.26. The maximum atomic E-state index is 13.4. The van der Waals surface area contributed by atoms with Crippen molar-refractivity contribution in [1.29, 1.82) is 0 Å². The lowest BCUT2D eigenvalue weighted by Crippen LogP contribution is -2.35. The third-order valence-corrected chi connectivity index (χ3v) is 5.85. The van der Waals surface area contributed by atoms with Gasteiger partial charge in [0.05, 0.1) is 24.8 Å². The van der Waals surface area contributed by atoms with Crippen molar-refractivity contribution in [3.05, 3.63) is 83.9 Å². The van der Waals surface area contributed by atoms with Gasteiger partial charge in [0.1, 0.15) is 11.5 Å². The van der Waals surface area contributed by atoms with Gasteiger partial charge in [0.25, 0.3) is 5.91 Å². The predicted molar refractivity (Wildman–Crippen MR) is 139 cm³/mol. The average molecular weight is 476 g/mol. The molecule has 3 aromatic rings. The highest BCUT2D eigenvalue weighted by Gasteiger charge is 2.21. The Morgan fingerprint density at radius 3 is 2.20 bits per heavy atom. The van der Waals surface area contributed by atoms with E-state index < -0.39 is 0 Å². The monoisotopic (exact) mass is 475 g/mol. The summed E-state index contributed by atoms with van der Waals surface area (Å²) in [5.41, 5.74) is 2.45. The minimum Gasteiger partial charge on any atom is -0.508 e. The minimum absolute atomic E-state index is 0.110. The second-order valence-corrected chi connectivity index (χ2v) is 8.08. The number of anilines is 2. The van der Waals surface area contributed by atoms with Crippen LogP contribution in [-0.2, 0) is 11.2 Å². The number of benzene rings is 3. The van der Waals surface area contributed by atoms with Crippen molar-refractivity contribution in [2.45, 2.75) is 20.3 Å². The van der Waals surface area contributed by atoms with Crippen molar-refractivity contribution < 1.29 is 19.4 Å². The number of phenols is 1. The van der Waals surface area contributed by atoms with Gasteiger partial charge in [0.15, 0.2) is 0 Å². The standard InChI is InChI=1S/C28H33N3O4/c1-4-30(5-2)18-17-29-28(34)25-16-13-23(20-26(25)35-3)31(22-11-14-24(32)15-12-22)27(33)19-21-9-7-6-8-10-21/h6-16,20,32H,4-5,17-19H2,1-3H3,(H,29,34). The van der Waals surface area contributed by atoms with Gasteiger partial charge in [-0.1, -0.05) is 44.2 Å². The first-order valence-corrected chi connectivity index (χ1v) is 11.8. The van der Waals surface area contributed by atoms with Crippen LogP contribution in [0.3, 0.4) is 0 Å². The molecule has 2 N–H and O–H groups in total. The number of aromatic hydroxyl groups is 1. The van der Waals surface area contributed by atoms with Crippen LogP contribution in [0.2, 0.25) is 0 Å². The third kappa shape index (κ3) is 6.83. The second-order valence-electron chi connectivity index (χ2n) is 8.08. The second kappa shape index (κ2) is 12.6. The van der Waals surface area contributed by atoms with E-state index in [0.717, 1.165) is 25.2 Å². The molecule has 0 fully saturated rings. The summed E-state index contributed by atoms with van der Waals surface area (Å²) in [5.74, 6) is 0.102. The molecule has 0 bridgehead atoms. The highest BCUT2D eigenvalue weighted by Crippen LogP contribution is 2.32. The highest BCUT2D eigenvalue weighted by atomic mass is 16.5. The first kappa shape index (κ1) is 25.8. The first-order valence-electron chi connectivity index (χ1n) is 11.8. The Balaban J connectivity index is 1.88. The molecule has 0 aromatic heterocycles. The smallest absolute Gasteiger partial charge is 0.255 e. The topological polar surface area (TPSA) is 82.1 Å². The van der Waals surface area contributed by atoms with E-state index in [1.165, 1.54) is 19.2 Å². The van der Waals surface area contributed by atoms with E-state index in [4.69, 9.17) is 4.74 Å². The normalized spacial score (nSPS) is 10.7. The van der Waals surface area contributed by atoms with Gasteiger partial charge in [0.2, 0.25) is 5.91 Å². The van der Waals surface area contributed by atoms with E-state index >= 15 is 0 Å². The van der Waals surface area contributed by atoms with Crippen LogP contribution < -0.4 is 15.0 Å². The van der Waals surface area contributed by atoms with E-state index in [-0.39, 0.29) is 24.0 Å². The molecule has 0 atom stereocenters. The number of ether oxygens (including phenoxy) is 1. The van der Waals surface area contributed by atoms with E-state index in [9.17, 15) is 14.7 Å². The summed E-state index contributed by atoms with van der Waals surface area (Å²) in [7, 11) is 1.50. The molecule has 3 rings (SSSR count). The summed E-state index contributed by atoms with van der Waals surface area (Å²) in [6.07, 6.45) is 0.192. The Morgan fingerprint density at radius 1 is 0.914 bits per heavy atom. The van der Waals surface area contributed by atoms with Gasteiger partial charge >= 0.3 is 0 Å². The number of hydrogen-bond acceptors (Lipinski definition) is 5. The van der Waals surface area contributed by atoms with Gasteiger partial charge in [-0.2, -0.15) is 0 Å². The molecule has 0 aliphatic carbocycles. The quantitative estimate of drug-likeness (QED) is 0.430. The number of methoxy groups -OCH3 is 1. The summed E-state index contributed by atoms with van der Waals surface area (Å²) in [6.45, 7) is 7.32. The van der Waals surface area contributed by atoms with Crippen LogP contribution in [0.15, 0.2) is 72.8 Å². The number of carbonyl (C=O) groups excluding carboxylic acids is 2. The molecule has 3 aromatic carbocycles. The number of phenolic OH excluding ortho intramolecular Hbond substituents is 1. The SMILES string of the molecule is CCN(CC)CCNC(=O)c1ccc(N(C(=O)Cc2ccccc2)c2ccc(O)cc2)cc1OC. The van der Waals surface area contributed by atoms with Crippen molar-refractivity contribution in [2.24, 2.45) is 0 Å². The number of nitrogens with zero attached hydrogens (tertiary/aromatic N) is 2. The molecule has 0 spiro atoms. The number of nitrogens with one attached hydrogen (secondary N) is 1. The molecule has 35 heavy (non-hydrogen) atoms. The Bertz CT molecular complexity index is 1110. The summed E-state index contributed by atoms with van der Waals surface area (Å²) < 4.78 is 5.53. The maximum absolute atomic E-state index is 13.4. The zero-order valence-electron chi connectivity index (χ0n) is 20.5. The molecule has 0 saturated heterocycles. The summed E-state index contributed by atoms with van der Waals surface area (Å²) >= 11 is 0. The van der Waals surface area contributed by atoms with Crippen LogP contribution in [0.4, 0.5) is 11.4 Å². The number of amides is 2. The van der Waals surface area contributed by atoms with Gasteiger partial charge in [-0.25, -0.2) is 0 Å². The van der Waals surface area contributed by atoms with Gasteiger partial charge in [-0.3, -0.25) is 14.5 Å². The molecule has 7 nitrogen and oxygen atoms in total. The Morgan fingerprint density at radius 2 is 1.57 bits per heavy atom. The molecule has 7 heteroatoms. The van der Waals surface area contributed by atoms with Crippen LogP contribution in [-0.4, -0.2) is 55.1 Å². The number of carbonyl (C=O) groups is 2. The zero-order chi connectivity index (χ0) is 25.2. The molecule has 184 valence electrons. The van der Waals surface area contributed by atoms with Crippen molar-refractivity contribution in [1.82, 2.24) is 10.2 Å². The summed E-state index contributed by atoms with van der Waals surface area (Å²) in [6, 6.07) is 21.0. The largest absolute Gasteiger partial charge is 0.508 e. The first-order chi connectivity index (χ1) is 17.0. The molecule has 0 unspecified atom stereocenters. The van der Waals surface area contributed by atoms with Crippen LogP contribution in [0.25, 0.3) is 0 Å². The van der Waals surface area contributed by atoms with E-state index in [0.29, 0.717) is 29.2 Å². The van der Waals surface area contributed by atoms with Gasteiger partial charge in [0, 0.05) is 24.8 Å². The van der Waals surface area contributed by atoms with E-state index in [1.807, 2.05) is 30.3 Å². The van der Waals surface area contributed by atoms with Crippen molar-refractivity contribution >= 4 is 23.2 Å².